The fraction of sp³-hybridized carbons (Fsp3) is 0.368. The summed E-state index contributed by atoms with van der Waals surface area (Å²) >= 11 is 0. The summed E-state index contributed by atoms with van der Waals surface area (Å²) in [4.78, 5) is 12.4. The molecule has 6 nitrogen and oxygen atoms in total. The highest BCUT2D eigenvalue weighted by molar-refractivity contribution is 5.99. The molecule has 1 N–H and O–H groups in total. The molecule has 1 aliphatic rings. The van der Waals surface area contributed by atoms with E-state index >= 15 is 0 Å². The van der Waals surface area contributed by atoms with E-state index in [9.17, 15) is 4.79 Å². The van der Waals surface area contributed by atoms with E-state index in [1.165, 1.54) is 0 Å². The number of aromatic nitrogens is 2. The first kappa shape index (κ1) is 17.1. The summed E-state index contributed by atoms with van der Waals surface area (Å²) in [6.07, 6.45) is 6.43. The Morgan fingerprint density at radius 1 is 1.48 bits per heavy atom. The number of benzene rings is 1. The van der Waals surface area contributed by atoms with Crippen LogP contribution in [0.15, 0.2) is 42.2 Å². The maximum absolute atomic E-state index is 12.4. The van der Waals surface area contributed by atoms with Crippen molar-refractivity contribution in [1.29, 1.82) is 0 Å². The number of carbonyl (C=O) groups excluding carboxylic acids is 1. The van der Waals surface area contributed by atoms with Crippen LogP contribution in [0.1, 0.15) is 25.8 Å². The summed E-state index contributed by atoms with van der Waals surface area (Å²) in [5.41, 5.74) is 1.50. The fourth-order valence-corrected chi connectivity index (χ4v) is 2.64. The van der Waals surface area contributed by atoms with Crippen molar-refractivity contribution in [3.8, 4) is 11.5 Å². The van der Waals surface area contributed by atoms with E-state index in [-0.39, 0.29) is 18.6 Å². The Kier molecular flexibility index (Phi) is 5.38. The smallest absolute Gasteiger partial charge is 0.250 e. The zero-order valence-electron chi connectivity index (χ0n) is 14.6. The van der Waals surface area contributed by atoms with Gasteiger partial charge in [0.1, 0.15) is 18.1 Å². The molecule has 25 heavy (non-hydrogen) atoms. The van der Waals surface area contributed by atoms with E-state index < -0.39 is 0 Å². The highest BCUT2D eigenvalue weighted by Crippen LogP contribution is 2.30. The number of nitrogens with one attached hydrogen (secondary N) is 1. The van der Waals surface area contributed by atoms with Crippen LogP contribution in [0.5, 0.6) is 11.5 Å². The number of hydrogen-bond donors (Lipinski definition) is 1. The molecule has 0 fully saturated rings. The van der Waals surface area contributed by atoms with Crippen molar-refractivity contribution in [2.24, 2.45) is 0 Å². The third-order valence-corrected chi connectivity index (χ3v) is 3.86. The van der Waals surface area contributed by atoms with Gasteiger partial charge in [-0.1, -0.05) is 6.92 Å². The van der Waals surface area contributed by atoms with Gasteiger partial charge in [0, 0.05) is 30.1 Å². The van der Waals surface area contributed by atoms with Crippen LogP contribution in [0.4, 0.5) is 0 Å². The molecule has 6 heteroatoms. The molecular formula is C19H23N3O3. The van der Waals surface area contributed by atoms with Gasteiger partial charge in [-0.3, -0.25) is 9.48 Å². The van der Waals surface area contributed by atoms with Gasteiger partial charge in [0.05, 0.1) is 18.7 Å². The first-order chi connectivity index (χ1) is 12.2. The van der Waals surface area contributed by atoms with Crippen LogP contribution >= 0.6 is 0 Å². The molecule has 0 saturated carbocycles. The first-order valence-corrected chi connectivity index (χ1v) is 8.54. The Balaban J connectivity index is 1.63. The molecule has 0 aliphatic carbocycles. The molecule has 2 aromatic rings. The van der Waals surface area contributed by atoms with Crippen LogP contribution in [-0.4, -0.2) is 34.9 Å². The minimum Gasteiger partial charge on any atom is -0.493 e. The number of rotatable bonds is 7. The molecule has 1 amide bonds. The molecule has 2 heterocycles. The summed E-state index contributed by atoms with van der Waals surface area (Å²) in [5, 5.41) is 7.13. The van der Waals surface area contributed by atoms with Gasteiger partial charge >= 0.3 is 0 Å². The third-order valence-electron chi connectivity index (χ3n) is 3.86. The monoisotopic (exact) mass is 341 g/mol. The number of nitrogens with zero attached hydrogens (tertiary/aromatic N) is 2. The highest BCUT2D eigenvalue weighted by Gasteiger charge is 2.19. The average molecular weight is 341 g/mol. The topological polar surface area (TPSA) is 65.4 Å². The molecule has 1 aliphatic heterocycles. The van der Waals surface area contributed by atoms with E-state index in [4.69, 9.17) is 9.47 Å². The van der Waals surface area contributed by atoms with E-state index in [2.05, 4.69) is 17.3 Å². The molecule has 1 unspecified atom stereocenters. The predicted octanol–water partition coefficient (Wildman–Crippen LogP) is 2.65. The molecule has 132 valence electrons. The maximum Gasteiger partial charge on any atom is 0.250 e. The summed E-state index contributed by atoms with van der Waals surface area (Å²) in [6, 6.07) is 7.52. The van der Waals surface area contributed by atoms with Gasteiger partial charge in [-0.25, -0.2) is 0 Å². The molecule has 0 spiro atoms. The largest absolute Gasteiger partial charge is 0.493 e. The van der Waals surface area contributed by atoms with Crippen molar-refractivity contribution < 1.29 is 14.3 Å². The molecule has 1 aromatic carbocycles. The maximum atomic E-state index is 12.4. The fourth-order valence-electron chi connectivity index (χ4n) is 2.64. The molecule has 0 bridgehead atoms. The summed E-state index contributed by atoms with van der Waals surface area (Å²) in [6.45, 7) is 5.58. The van der Waals surface area contributed by atoms with E-state index in [0.29, 0.717) is 18.7 Å². The molecule has 1 aromatic heterocycles. The zero-order valence-corrected chi connectivity index (χ0v) is 14.6. The van der Waals surface area contributed by atoms with Crippen molar-refractivity contribution in [3.05, 3.63) is 47.8 Å². The quantitative estimate of drug-likeness (QED) is 0.841. The third kappa shape index (κ3) is 4.41. The van der Waals surface area contributed by atoms with Crippen molar-refractivity contribution in [1.82, 2.24) is 15.1 Å². The Labute approximate surface area is 147 Å². The lowest BCUT2D eigenvalue weighted by molar-refractivity contribution is -0.118. The van der Waals surface area contributed by atoms with Crippen molar-refractivity contribution in [2.75, 3.05) is 13.2 Å². The van der Waals surface area contributed by atoms with Gasteiger partial charge in [0.15, 0.2) is 0 Å². The lowest BCUT2D eigenvalue weighted by Crippen LogP contribution is -2.38. The summed E-state index contributed by atoms with van der Waals surface area (Å²) in [5.74, 6) is 1.42. The van der Waals surface area contributed by atoms with E-state index in [1.807, 2.05) is 43.5 Å². The average Bonchev–Trinajstić information content (AvgIpc) is 3.12. The zero-order chi connectivity index (χ0) is 17.6. The standard InChI is InChI=1S/C19H23N3O3/c1-3-9-24-17-6-5-15-10-16(13-25-18(15)11-17)19(23)21-14(2)12-22-8-4-7-20-22/h4-8,10-11,14H,3,9,12-13H2,1-2H3,(H,21,23). The highest BCUT2D eigenvalue weighted by atomic mass is 16.5. The van der Waals surface area contributed by atoms with Crippen LogP contribution in [0.25, 0.3) is 6.08 Å². The second-order valence-electron chi connectivity index (χ2n) is 6.11. The van der Waals surface area contributed by atoms with E-state index in [1.54, 1.807) is 10.9 Å². The minimum atomic E-state index is -0.114. The SMILES string of the molecule is CCCOc1ccc2c(c1)OCC(C(=O)NC(C)Cn1cccn1)=C2. The molecule has 1 atom stereocenters. The van der Waals surface area contributed by atoms with Crippen LogP contribution < -0.4 is 14.8 Å². The molecule has 3 rings (SSSR count). The van der Waals surface area contributed by atoms with Gasteiger partial charge in [-0.2, -0.15) is 5.10 Å². The van der Waals surface area contributed by atoms with Gasteiger partial charge in [-0.15, -0.1) is 0 Å². The minimum absolute atomic E-state index is 0.0282. The summed E-state index contributed by atoms with van der Waals surface area (Å²) in [7, 11) is 0. The number of carbonyl (C=O) groups is 1. The van der Waals surface area contributed by atoms with Gasteiger partial charge < -0.3 is 14.8 Å². The number of fused-ring (bicyclic) bond motifs is 1. The van der Waals surface area contributed by atoms with Gasteiger partial charge in [0.25, 0.3) is 5.91 Å². The normalized spacial score (nSPS) is 14.1. The lowest BCUT2D eigenvalue weighted by Gasteiger charge is -2.20. The molecule has 0 radical (unpaired) electrons. The number of hydrogen-bond acceptors (Lipinski definition) is 4. The van der Waals surface area contributed by atoms with Crippen LogP contribution in [-0.2, 0) is 11.3 Å². The van der Waals surface area contributed by atoms with E-state index in [0.717, 1.165) is 23.5 Å². The Hall–Kier alpha value is -2.76. The van der Waals surface area contributed by atoms with Crippen molar-refractivity contribution in [2.45, 2.75) is 32.9 Å². The van der Waals surface area contributed by atoms with Gasteiger partial charge in [0.2, 0.25) is 0 Å². The Bertz CT molecular complexity index is 753. The predicted molar refractivity (Wildman–Crippen MR) is 95.5 cm³/mol. The lowest BCUT2D eigenvalue weighted by atomic mass is 10.1. The molecule has 0 saturated heterocycles. The Morgan fingerprint density at radius 3 is 3.12 bits per heavy atom. The van der Waals surface area contributed by atoms with Crippen molar-refractivity contribution in [3.63, 3.8) is 0 Å². The van der Waals surface area contributed by atoms with Crippen molar-refractivity contribution >= 4 is 12.0 Å². The summed E-state index contributed by atoms with van der Waals surface area (Å²) < 4.78 is 13.1. The number of ether oxygens (including phenoxy) is 2. The first-order valence-electron chi connectivity index (χ1n) is 8.54. The second-order valence-corrected chi connectivity index (χ2v) is 6.11. The number of amides is 1. The van der Waals surface area contributed by atoms with Crippen LogP contribution in [0.2, 0.25) is 0 Å². The van der Waals surface area contributed by atoms with Crippen LogP contribution in [0, 0.1) is 0 Å². The second kappa shape index (κ2) is 7.88. The molecular weight excluding hydrogens is 318 g/mol. The Morgan fingerprint density at radius 2 is 2.36 bits per heavy atom. The van der Waals surface area contributed by atoms with Crippen LogP contribution in [0.3, 0.4) is 0 Å². The van der Waals surface area contributed by atoms with Gasteiger partial charge in [-0.05, 0) is 37.6 Å².